The summed E-state index contributed by atoms with van der Waals surface area (Å²) in [7, 11) is 0. The van der Waals surface area contributed by atoms with Gasteiger partial charge in [-0.2, -0.15) is 0 Å². The van der Waals surface area contributed by atoms with Crippen molar-refractivity contribution >= 4 is 39.9 Å². The lowest BCUT2D eigenvalue weighted by Crippen LogP contribution is -2.03. The molecule has 1 heterocycles. The van der Waals surface area contributed by atoms with Crippen LogP contribution in [0.25, 0.3) is 10.9 Å². The number of carbonyl (C=O) groups is 1. The van der Waals surface area contributed by atoms with Gasteiger partial charge in [0.25, 0.3) is 0 Å². The Kier molecular flexibility index (Phi) is 3.45. The molecule has 0 spiro atoms. The van der Waals surface area contributed by atoms with Crippen LogP contribution in [0.3, 0.4) is 0 Å². The molecule has 2 aromatic rings. The number of ketones is 1. The smallest absolute Gasteiger partial charge is 0.179 e. The van der Waals surface area contributed by atoms with Crippen molar-refractivity contribution in [3.05, 3.63) is 33.9 Å². The van der Waals surface area contributed by atoms with Gasteiger partial charge >= 0.3 is 0 Å². The van der Waals surface area contributed by atoms with E-state index in [0.717, 1.165) is 10.9 Å². The predicted octanol–water partition coefficient (Wildman–Crippen LogP) is 4.70. The van der Waals surface area contributed by atoms with E-state index in [1.165, 1.54) is 0 Å². The van der Waals surface area contributed by atoms with Crippen LogP contribution in [-0.2, 0) is 0 Å². The van der Waals surface area contributed by atoms with Gasteiger partial charge in [0, 0.05) is 22.3 Å². The first kappa shape index (κ1) is 12.5. The fourth-order valence-electron chi connectivity index (χ4n) is 1.79. The molecule has 0 aliphatic rings. The van der Waals surface area contributed by atoms with E-state index in [-0.39, 0.29) is 5.78 Å². The molecular weight excluding hydrogens is 257 g/mol. The van der Waals surface area contributed by atoms with Gasteiger partial charge in [-0.25, -0.2) is 0 Å². The molecule has 2 nitrogen and oxygen atoms in total. The van der Waals surface area contributed by atoms with Crippen molar-refractivity contribution in [3.8, 4) is 0 Å². The Hall–Kier alpha value is -0.990. The van der Waals surface area contributed by atoms with Gasteiger partial charge in [-0.15, -0.1) is 0 Å². The average Bonchev–Trinajstić information content (AvgIpc) is 2.60. The summed E-state index contributed by atoms with van der Waals surface area (Å²) in [5, 5.41) is 1.96. The quantitative estimate of drug-likeness (QED) is 0.805. The van der Waals surface area contributed by atoms with E-state index in [1.54, 1.807) is 18.2 Å². The summed E-state index contributed by atoms with van der Waals surface area (Å²) >= 11 is 12.0. The number of aromatic amines is 1. The van der Waals surface area contributed by atoms with Crippen molar-refractivity contribution in [3.63, 3.8) is 0 Å². The van der Waals surface area contributed by atoms with Crippen LogP contribution in [0.1, 0.15) is 30.8 Å². The third-order valence-corrected chi connectivity index (χ3v) is 3.08. The normalized spacial score (nSPS) is 11.4. The molecule has 1 aromatic heterocycles. The Morgan fingerprint density at radius 1 is 1.29 bits per heavy atom. The van der Waals surface area contributed by atoms with Gasteiger partial charge < -0.3 is 4.98 Å². The van der Waals surface area contributed by atoms with Gasteiger partial charge in [0.1, 0.15) is 0 Å². The maximum absolute atomic E-state index is 11.9. The van der Waals surface area contributed by atoms with Crippen molar-refractivity contribution in [2.75, 3.05) is 0 Å². The van der Waals surface area contributed by atoms with Gasteiger partial charge in [0.05, 0.1) is 10.7 Å². The van der Waals surface area contributed by atoms with Gasteiger partial charge in [0.2, 0.25) is 0 Å². The van der Waals surface area contributed by atoms with E-state index in [2.05, 4.69) is 4.98 Å². The summed E-state index contributed by atoms with van der Waals surface area (Å²) in [5.41, 5.74) is 1.40. The predicted molar refractivity (Wildman–Crippen MR) is 72.1 cm³/mol. The minimum absolute atomic E-state index is 0.100. The number of nitrogens with one attached hydrogen (secondary N) is 1. The van der Waals surface area contributed by atoms with Crippen molar-refractivity contribution in [2.45, 2.75) is 20.3 Å². The number of fused-ring (bicyclic) bond motifs is 1. The number of hydrogen-bond donors (Lipinski definition) is 1. The number of H-pyrrole nitrogens is 1. The molecule has 0 aliphatic carbocycles. The van der Waals surface area contributed by atoms with E-state index in [4.69, 9.17) is 23.2 Å². The topological polar surface area (TPSA) is 32.9 Å². The molecule has 4 heteroatoms. The summed E-state index contributed by atoms with van der Waals surface area (Å²) in [6, 6.07) is 5.24. The number of carbonyl (C=O) groups excluding carboxylic acids is 1. The molecule has 0 radical (unpaired) electrons. The highest BCUT2D eigenvalue weighted by Gasteiger charge is 2.13. The molecule has 17 heavy (non-hydrogen) atoms. The molecule has 1 aromatic carbocycles. The summed E-state index contributed by atoms with van der Waals surface area (Å²) in [4.78, 5) is 15.0. The van der Waals surface area contributed by atoms with Crippen LogP contribution >= 0.6 is 23.2 Å². The first-order valence-electron chi connectivity index (χ1n) is 5.48. The van der Waals surface area contributed by atoms with Gasteiger partial charge in [0.15, 0.2) is 5.78 Å². The summed E-state index contributed by atoms with van der Waals surface area (Å²) in [6.45, 7) is 4.04. The number of aromatic nitrogens is 1. The van der Waals surface area contributed by atoms with E-state index in [0.29, 0.717) is 28.1 Å². The van der Waals surface area contributed by atoms with E-state index in [9.17, 15) is 4.79 Å². The molecule has 90 valence electrons. The molecule has 1 N–H and O–H groups in total. The third-order valence-electron chi connectivity index (χ3n) is 2.55. The Morgan fingerprint density at radius 3 is 2.65 bits per heavy atom. The summed E-state index contributed by atoms with van der Waals surface area (Å²) in [6.07, 6.45) is 0.526. The molecule has 0 bridgehead atoms. The average molecular weight is 270 g/mol. The highest BCUT2D eigenvalue weighted by molar-refractivity contribution is 6.38. The molecule has 0 atom stereocenters. The molecule has 0 saturated carbocycles. The minimum atomic E-state index is 0.100. The second kappa shape index (κ2) is 4.71. The van der Waals surface area contributed by atoms with Crippen molar-refractivity contribution in [1.82, 2.24) is 4.98 Å². The molecule has 0 aliphatic heterocycles. The first-order chi connectivity index (χ1) is 7.97. The SMILES string of the molecule is CC(C)CC(=O)c1cc2c(Cl)cc(Cl)cc2[nH]1. The zero-order valence-electron chi connectivity index (χ0n) is 9.68. The van der Waals surface area contributed by atoms with Crippen molar-refractivity contribution in [2.24, 2.45) is 5.92 Å². The summed E-state index contributed by atoms with van der Waals surface area (Å²) in [5.74, 6) is 0.441. The molecule has 0 unspecified atom stereocenters. The minimum Gasteiger partial charge on any atom is -0.352 e. The van der Waals surface area contributed by atoms with Crippen LogP contribution in [0.5, 0.6) is 0 Å². The van der Waals surface area contributed by atoms with Crippen LogP contribution < -0.4 is 0 Å². The van der Waals surface area contributed by atoms with Crippen molar-refractivity contribution in [1.29, 1.82) is 0 Å². The second-order valence-corrected chi connectivity index (χ2v) is 5.40. The van der Waals surface area contributed by atoms with Gasteiger partial charge in [-0.1, -0.05) is 37.0 Å². The van der Waals surface area contributed by atoms with Crippen LogP contribution in [-0.4, -0.2) is 10.8 Å². The zero-order chi connectivity index (χ0) is 12.6. The number of halogens is 2. The van der Waals surface area contributed by atoms with Crippen LogP contribution in [0.2, 0.25) is 10.0 Å². The maximum atomic E-state index is 11.9. The molecule has 0 saturated heterocycles. The monoisotopic (exact) mass is 269 g/mol. The second-order valence-electron chi connectivity index (χ2n) is 4.55. The summed E-state index contributed by atoms with van der Waals surface area (Å²) < 4.78 is 0. The Labute approximate surface area is 110 Å². The van der Waals surface area contributed by atoms with Crippen LogP contribution in [0.15, 0.2) is 18.2 Å². The van der Waals surface area contributed by atoms with Crippen molar-refractivity contribution < 1.29 is 4.79 Å². The maximum Gasteiger partial charge on any atom is 0.179 e. The zero-order valence-corrected chi connectivity index (χ0v) is 11.2. The van der Waals surface area contributed by atoms with Crippen LogP contribution in [0, 0.1) is 5.92 Å². The Morgan fingerprint density at radius 2 is 2.00 bits per heavy atom. The number of rotatable bonds is 3. The van der Waals surface area contributed by atoms with E-state index >= 15 is 0 Å². The first-order valence-corrected chi connectivity index (χ1v) is 6.24. The largest absolute Gasteiger partial charge is 0.352 e. The lowest BCUT2D eigenvalue weighted by molar-refractivity contribution is 0.0964. The fraction of sp³-hybridized carbons (Fsp3) is 0.308. The molecule has 0 fully saturated rings. The number of benzene rings is 1. The standard InChI is InChI=1S/C13H13Cl2NO/c1-7(2)3-13(17)12-6-9-10(15)4-8(14)5-11(9)16-12/h4-7,16H,3H2,1-2H3. The molecule has 2 rings (SSSR count). The van der Waals surface area contributed by atoms with Gasteiger partial charge in [-0.3, -0.25) is 4.79 Å². The Balaban J connectivity index is 2.44. The highest BCUT2D eigenvalue weighted by Crippen LogP contribution is 2.28. The third kappa shape index (κ3) is 2.64. The van der Waals surface area contributed by atoms with E-state index < -0.39 is 0 Å². The fourth-order valence-corrected chi connectivity index (χ4v) is 2.34. The van der Waals surface area contributed by atoms with Gasteiger partial charge in [-0.05, 0) is 24.1 Å². The lowest BCUT2D eigenvalue weighted by Gasteiger charge is -2.00. The lowest BCUT2D eigenvalue weighted by atomic mass is 10.1. The number of Topliss-reactive ketones (excluding diaryl/α,β-unsaturated/α-hetero) is 1. The van der Waals surface area contributed by atoms with E-state index in [1.807, 2.05) is 13.8 Å². The number of hydrogen-bond acceptors (Lipinski definition) is 1. The Bertz CT molecular complexity index is 572. The highest BCUT2D eigenvalue weighted by atomic mass is 35.5. The molecular formula is C13H13Cl2NO. The van der Waals surface area contributed by atoms with Crippen LogP contribution in [0.4, 0.5) is 0 Å². The molecule has 0 amide bonds.